The third-order valence-corrected chi connectivity index (χ3v) is 7.58. The molecule has 3 fully saturated rings. The van der Waals surface area contributed by atoms with E-state index in [4.69, 9.17) is 9.73 Å². The van der Waals surface area contributed by atoms with Gasteiger partial charge in [-0.1, -0.05) is 12.8 Å². The topological polar surface area (TPSA) is 52.1 Å². The number of aliphatic imine (C=N–C) groups is 1. The third-order valence-electron chi connectivity index (χ3n) is 6.64. The van der Waals surface area contributed by atoms with Crippen LogP contribution in [0, 0.1) is 0 Å². The summed E-state index contributed by atoms with van der Waals surface area (Å²) in [5.74, 6) is 3.54. The fourth-order valence-electron chi connectivity index (χ4n) is 4.81. The lowest BCUT2D eigenvalue weighted by Gasteiger charge is -2.44. The van der Waals surface area contributed by atoms with Crippen molar-refractivity contribution in [2.45, 2.75) is 57.5 Å². The van der Waals surface area contributed by atoms with Crippen molar-refractivity contribution in [1.82, 2.24) is 20.4 Å². The number of thioether (sulfide) groups is 1. The van der Waals surface area contributed by atoms with Gasteiger partial charge in [0.25, 0.3) is 0 Å². The molecule has 2 aliphatic heterocycles. The predicted molar refractivity (Wildman–Crippen MR) is 121 cm³/mol. The second kappa shape index (κ2) is 10.5. The molecule has 2 heterocycles. The molecule has 1 saturated carbocycles. The highest BCUT2D eigenvalue weighted by Gasteiger charge is 2.40. The number of guanidine groups is 1. The van der Waals surface area contributed by atoms with Crippen LogP contribution in [0.1, 0.15) is 46.5 Å². The Labute approximate surface area is 176 Å². The number of morpholine rings is 1. The van der Waals surface area contributed by atoms with Crippen LogP contribution in [0.2, 0.25) is 0 Å². The summed E-state index contributed by atoms with van der Waals surface area (Å²) >= 11 is 2.10. The van der Waals surface area contributed by atoms with Crippen molar-refractivity contribution in [2.24, 2.45) is 4.99 Å². The first kappa shape index (κ1) is 22.2. The van der Waals surface area contributed by atoms with E-state index in [2.05, 4.69) is 53.0 Å². The molecular formula is C21H41N5OS. The Kier molecular flexibility index (Phi) is 8.33. The van der Waals surface area contributed by atoms with E-state index in [9.17, 15) is 0 Å². The van der Waals surface area contributed by atoms with Crippen LogP contribution < -0.4 is 10.6 Å². The minimum Gasteiger partial charge on any atom is -0.379 e. The lowest BCUT2D eigenvalue weighted by molar-refractivity contribution is -0.00684. The van der Waals surface area contributed by atoms with E-state index in [1.54, 1.807) is 0 Å². The molecule has 162 valence electrons. The van der Waals surface area contributed by atoms with Crippen molar-refractivity contribution in [1.29, 1.82) is 0 Å². The molecular weight excluding hydrogens is 370 g/mol. The van der Waals surface area contributed by atoms with Crippen molar-refractivity contribution in [2.75, 3.05) is 70.5 Å². The van der Waals surface area contributed by atoms with Gasteiger partial charge in [-0.05, 0) is 33.6 Å². The summed E-state index contributed by atoms with van der Waals surface area (Å²) in [5.41, 5.74) is 0.387. The molecule has 7 heteroatoms. The first-order valence-electron chi connectivity index (χ1n) is 11.2. The van der Waals surface area contributed by atoms with Crippen LogP contribution in [0.4, 0.5) is 0 Å². The number of nitrogens with zero attached hydrogens (tertiary/aromatic N) is 3. The van der Waals surface area contributed by atoms with Crippen LogP contribution in [0.15, 0.2) is 4.99 Å². The van der Waals surface area contributed by atoms with Crippen molar-refractivity contribution >= 4 is 17.7 Å². The van der Waals surface area contributed by atoms with Gasteiger partial charge >= 0.3 is 0 Å². The van der Waals surface area contributed by atoms with Crippen molar-refractivity contribution in [3.63, 3.8) is 0 Å². The van der Waals surface area contributed by atoms with E-state index in [1.165, 1.54) is 50.3 Å². The average Bonchev–Trinajstić information content (AvgIpc) is 3.22. The van der Waals surface area contributed by atoms with Gasteiger partial charge in [0.15, 0.2) is 5.96 Å². The van der Waals surface area contributed by atoms with Gasteiger partial charge in [-0.25, -0.2) is 0 Å². The van der Waals surface area contributed by atoms with Gasteiger partial charge in [0, 0.05) is 61.9 Å². The SMILES string of the molecule is CCNC(=NCC(C)(C)N1CCOCC1)NCC1(N2CCSCC2)CCCC1. The van der Waals surface area contributed by atoms with Crippen molar-refractivity contribution in [3.05, 3.63) is 0 Å². The lowest BCUT2D eigenvalue weighted by Crippen LogP contribution is -2.58. The Morgan fingerprint density at radius 2 is 1.75 bits per heavy atom. The molecule has 1 aliphatic carbocycles. The zero-order valence-corrected chi connectivity index (χ0v) is 19.1. The second-order valence-electron chi connectivity index (χ2n) is 8.99. The highest BCUT2D eigenvalue weighted by molar-refractivity contribution is 7.99. The second-order valence-corrected chi connectivity index (χ2v) is 10.2. The molecule has 2 saturated heterocycles. The molecule has 3 aliphatic rings. The third kappa shape index (κ3) is 5.77. The highest BCUT2D eigenvalue weighted by atomic mass is 32.2. The average molecular weight is 412 g/mol. The Balaban J connectivity index is 1.60. The highest BCUT2D eigenvalue weighted by Crippen LogP contribution is 2.36. The lowest BCUT2D eigenvalue weighted by atomic mass is 9.94. The summed E-state index contributed by atoms with van der Waals surface area (Å²) in [6, 6.07) is 0. The maximum absolute atomic E-state index is 5.51. The smallest absolute Gasteiger partial charge is 0.191 e. The molecule has 0 unspecified atom stereocenters. The van der Waals surface area contributed by atoms with Gasteiger partial charge in [-0.15, -0.1) is 0 Å². The largest absolute Gasteiger partial charge is 0.379 e. The summed E-state index contributed by atoms with van der Waals surface area (Å²) in [4.78, 5) is 10.3. The van der Waals surface area contributed by atoms with Gasteiger partial charge in [-0.3, -0.25) is 14.8 Å². The molecule has 28 heavy (non-hydrogen) atoms. The Hall–Kier alpha value is -0.500. The number of nitrogens with one attached hydrogen (secondary N) is 2. The molecule has 0 atom stereocenters. The molecule has 2 N–H and O–H groups in total. The summed E-state index contributed by atoms with van der Waals surface area (Å²) in [5, 5.41) is 7.20. The fourth-order valence-corrected chi connectivity index (χ4v) is 5.71. The first-order valence-corrected chi connectivity index (χ1v) is 12.4. The van der Waals surface area contributed by atoms with Gasteiger partial charge < -0.3 is 15.4 Å². The minimum absolute atomic E-state index is 0.0568. The normalized spacial score (nSPS) is 25.0. The molecule has 0 amide bonds. The summed E-state index contributed by atoms with van der Waals surface area (Å²) in [7, 11) is 0. The van der Waals surface area contributed by atoms with E-state index in [1.807, 2.05) is 0 Å². The Morgan fingerprint density at radius 3 is 2.39 bits per heavy atom. The van der Waals surface area contributed by atoms with Gasteiger partial charge in [-0.2, -0.15) is 11.8 Å². The molecule has 6 nitrogen and oxygen atoms in total. The number of rotatable bonds is 7. The van der Waals surface area contributed by atoms with E-state index < -0.39 is 0 Å². The Bertz CT molecular complexity index is 495. The van der Waals surface area contributed by atoms with Gasteiger partial charge in [0.05, 0.1) is 19.8 Å². The number of hydrogen-bond acceptors (Lipinski definition) is 5. The van der Waals surface area contributed by atoms with E-state index in [0.717, 1.165) is 51.9 Å². The monoisotopic (exact) mass is 411 g/mol. The predicted octanol–water partition coefficient (Wildman–Crippen LogP) is 2.01. The summed E-state index contributed by atoms with van der Waals surface area (Å²) in [6.45, 7) is 15.6. The van der Waals surface area contributed by atoms with E-state index in [0.29, 0.717) is 5.54 Å². The maximum atomic E-state index is 5.51. The number of hydrogen-bond donors (Lipinski definition) is 2. The number of ether oxygens (including phenoxy) is 1. The van der Waals surface area contributed by atoms with Gasteiger partial charge in [0.2, 0.25) is 0 Å². The van der Waals surface area contributed by atoms with Crippen LogP contribution >= 0.6 is 11.8 Å². The van der Waals surface area contributed by atoms with Crippen LogP contribution in [0.25, 0.3) is 0 Å². The molecule has 0 aromatic carbocycles. The summed E-state index contributed by atoms with van der Waals surface area (Å²) in [6.07, 6.45) is 5.37. The zero-order chi connectivity index (χ0) is 19.9. The maximum Gasteiger partial charge on any atom is 0.191 e. The zero-order valence-electron chi connectivity index (χ0n) is 18.3. The van der Waals surface area contributed by atoms with E-state index >= 15 is 0 Å². The molecule has 0 aromatic heterocycles. The molecule has 0 spiro atoms. The molecule has 0 bridgehead atoms. The molecule has 3 rings (SSSR count). The molecule has 0 aromatic rings. The molecule has 0 radical (unpaired) electrons. The minimum atomic E-state index is 0.0568. The van der Waals surface area contributed by atoms with Crippen LogP contribution in [-0.2, 0) is 4.74 Å². The quantitative estimate of drug-likeness (QED) is 0.494. The summed E-state index contributed by atoms with van der Waals surface area (Å²) < 4.78 is 5.51. The van der Waals surface area contributed by atoms with Crippen LogP contribution in [-0.4, -0.2) is 97.4 Å². The standard InChI is InChI=1S/C21H41N5OS/c1-4-22-19(23-17-20(2,3)25-9-13-27-14-10-25)24-18-21(7-5-6-8-21)26-11-15-28-16-12-26/h4-18H2,1-3H3,(H2,22,23,24). The van der Waals surface area contributed by atoms with Crippen LogP contribution in [0.3, 0.4) is 0 Å². The van der Waals surface area contributed by atoms with E-state index in [-0.39, 0.29) is 5.54 Å². The Morgan fingerprint density at radius 1 is 1.07 bits per heavy atom. The van der Waals surface area contributed by atoms with Crippen LogP contribution in [0.5, 0.6) is 0 Å². The van der Waals surface area contributed by atoms with Gasteiger partial charge in [0.1, 0.15) is 0 Å². The van der Waals surface area contributed by atoms with Crippen molar-refractivity contribution in [3.8, 4) is 0 Å². The van der Waals surface area contributed by atoms with Crippen molar-refractivity contribution < 1.29 is 4.74 Å². The fraction of sp³-hybridized carbons (Fsp3) is 0.952. The first-order chi connectivity index (χ1) is 13.6.